The van der Waals surface area contributed by atoms with Crippen LogP contribution in [0.4, 0.5) is 4.39 Å². The molecule has 0 saturated heterocycles. The molecule has 3 nitrogen and oxygen atoms in total. The smallest absolute Gasteiger partial charge is 0.262 e. The molecule has 2 fully saturated rings. The summed E-state index contributed by atoms with van der Waals surface area (Å²) in [6, 6.07) is 3.81. The molecule has 0 heterocycles. The van der Waals surface area contributed by atoms with Gasteiger partial charge in [-0.25, -0.2) is 4.39 Å². The number of hydrogen-bond acceptors (Lipinski definition) is 3. The summed E-state index contributed by atoms with van der Waals surface area (Å²) in [4.78, 5) is 12.4. The van der Waals surface area contributed by atoms with Gasteiger partial charge in [-0.1, -0.05) is 13.3 Å². The van der Waals surface area contributed by atoms with Crippen molar-refractivity contribution < 1.29 is 13.9 Å². The average molecular weight is 292 g/mol. The van der Waals surface area contributed by atoms with E-state index >= 15 is 0 Å². The van der Waals surface area contributed by atoms with E-state index < -0.39 is 5.82 Å². The van der Waals surface area contributed by atoms with E-state index in [-0.39, 0.29) is 23.0 Å². The van der Waals surface area contributed by atoms with Crippen LogP contribution in [0.2, 0.25) is 0 Å². The molecule has 114 valence electrons. The minimum Gasteiger partial charge on any atom is -0.489 e. The van der Waals surface area contributed by atoms with Gasteiger partial charge in [-0.2, -0.15) is 0 Å². The second-order valence-corrected chi connectivity index (χ2v) is 6.27. The van der Waals surface area contributed by atoms with E-state index in [1.807, 2.05) is 6.92 Å². The molecule has 0 radical (unpaired) electrons. The summed E-state index contributed by atoms with van der Waals surface area (Å²) >= 11 is 0. The highest BCUT2D eigenvalue weighted by Gasteiger charge is 2.54. The molecule has 4 heteroatoms. The van der Waals surface area contributed by atoms with Crippen LogP contribution in [0.15, 0.2) is 23.0 Å². The van der Waals surface area contributed by atoms with Gasteiger partial charge in [0.2, 0.25) is 0 Å². The highest BCUT2D eigenvalue weighted by molar-refractivity contribution is 5.32. The summed E-state index contributed by atoms with van der Waals surface area (Å²) < 4.78 is 24.8. The Labute approximate surface area is 124 Å². The number of unbranched alkanes of at least 4 members (excludes halogenated alkanes) is 1. The summed E-state index contributed by atoms with van der Waals surface area (Å²) in [5, 5.41) is 0. The molecular formula is C17H21FO3. The molecule has 0 N–H and O–H groups in total. The topological polar surface area (TPSA) is 35.5 Å². The van der Waals surface area contributed by atoms with Gasteiger partial charge in [0, 0.05) is 6.07 Å². The monoisotopic (exact) mass is 292 g/mol. The summed E-state index contributed by atoms with van der Waals surface area (Å²) in [5.74, 6) is -0.236. The van der Waals surface area contributed by atoms with Crippen molar-refractivity contribution in [3.05, 3.63) is 34.2 Å². The van der Waals surface area contributed by atoms with E-state index in [4.69, 9.17) is 9.47 Å². The van der Waals surface area contributed by atoms with E-state index in [2.05, 4.69) is 0 Å². The molecule has 0 aliphatic heterocycles. The van der Waals surface area contributed by atoms with E-state index in [1.54, 1.807) is 0 Å². The molecular weight excluding hydrogens is 271 g/mol. The van der Waals surface area contributed by atoms with Crippen molar-refractivity contribution in [1.29, 1.82) is 0 Å². The molecule has 0 atom stereocenters. The van der Waals surface area contributed by atoms with Gasteiger partial charge in [-0.15, -0.1) is 0 Å². The zero-order valence-corrected chi connectivity index (χ0v) is 12.4. The van der Waals surface area contributed by atoms with E-state index in [0.717, 1.165) is 25.7 Å². The number of halogens is 1. The van der Waals surface area contributed by atoms with Crippen molar-refractivity contribution in [1.82, 2.24) is 0 Å². The number of ether oxygens (including phenoxy) is 2. The first-order valence-corrected chi connectivity index (χ1v) is 7.75. The fourth-order valence-electron chi connectivity index (χ4n) is 2.87. The van der Waals surface area contributed by atoms with Gasteiger partial charge in [0.15, 0.2) is 11.5 Å². The number of hydrogen-bond donors (Lipinski definition) is 0. The lowest BCUT2D eigenvalue weighted by atomic mass is 9.79. The fourth-order valence-corrected chi connectivity index (χ4v) is 2.87. The Morgan fingerprint density at radius 1 is 1.29 bits per heavy atom. The van der Waals surface area contributed by atoms with Crippen molar-refractivity contribution in [2.24, 2.45) is 5.41 Å². The normalized spacial score (nSPS) is 19.1. The second kappa shape index (κ2) is 5.66. The van der Waals surface area contributed by atoms with Crippen molar-refractivity contribution in [3.63, 3.8) is 0 Å². The third kappa shape index (κ3) is 3.20. The highest BCUT2D eigenvalue weighted by Crippen LogP contribution is 2.61. The van der Waals surface area contributed by atoms with Crippen molar-refractivity contribution in [3.8, 4) is 11.5 Å². The molecule has 0 amide bonds. The van der Waals surface area contributed by atoms with E-state index in [0.29, 0.717) is 12.0 Å². The Bertz CT molecular complexity index is 573. The van der Waals surface area contributed by atoms with Crippen LogP contribution >= 0.6 is 0 Å². The predicted octanol–water partition coefficient (Wildman–Crippen LogP) is 3.69. The molecule has 3 rings (SSSR count). The van der Waals surface area contributed by atoms with Gasteiger partial charge in [0.1, 0.15) is 5.82 Å². The molecule has 21 heavy (non-hydrogen) atoms. The summed E-state index contributed by atoms with van der Waals surface area (Å²) in [6.45, 7) is 2.51. The Morgan fingerprint density at radius 2 is 2.05 bits per heavy atom. The third-order valence-electron chi connectivity index (χ3n) is 4.44. The highest BCUT2D eigenvalue weighted by atomic mass is 19.1. The zero-order valence-electron chi connectivity index (χ0n) is 12.4. The SMILES string of the molecule is CCCCOc1ccc(F)cc(OC2CC3(CC3)C2)c1=O. The summed E-state index contributed by atoms with van der Waals surface area (Å²) in [5.41, 5.74) is 0.135. The maximum atomic E-state index is 13.6. The average Bonchev–Trinajstić information content (AvgIpc) is 3.21. The minimum atomic E-state index is -0.479. The first kappa shape index (κ1) is 14.4. The predicted molar refractivity (Wildman–Crippen MR) is 78.4 cm³/mol. The van der Waals surface area contributed by atoms with Crippen LogP contribution in [0, 0.1) is 11.2 Å². The Morgan fingerprint density at radius 3 is 2.71 bits per heavy atom. The van der Waals surface area contributed by atoms with Crippen molar-refractivity contribution in [2.45, 2.75) is 51.6 Å². The lowest BCUT2D eigenvalue weighted by Gasteiger charge is -2.35. The lowest BCUT2D eigenvalue weighted by molar-refractivity contribution is 0.0492. The van der Waals surface area contributed by atoms with Gasteiger partial charge < -0.3 is 9.47 Å². The van der Waals surface area contributed by atoms with Crippen molar-refractivity contribution >= 4 is 0 Å². The fraction of sp³-hybridized carbons (Fsp3) is 0.588. The molecule has 0 unspecified atom stereocenters. The second-order valence-electron chi connectivity index (χ2n) is 6.27. The maximum absolute atomic E-state index is 13.6. The molecule has 1 aromatic rings. The van der Waals surface area contributed by atoms with Gasteiger partial charge >= 0.3 is 0 Å². The van der Waals surface area contributed by atoms with Crippen molar-refractivity contribution in [2.75, 3.05) is 6.61 Å². The molecule has 2 saturated carbocycles. The van der Waals surface area contributed by atoms with Crippen LogP contribution in [0.25, 0.3) is 0 Å². The van der Waals surface area contributed by atoms with Crippen LogP contribution in [-0.2, 0) is 0 Å². The first-order chi connectivity index (χ1) is 10.1. The van der Waals surface area contributed by atoms with Crippen LogP contribution in [0.3, 0.4) is 0 Å². The quantitative estimate of drug-likeness (QED) is 0.750. The molecule has 2 aliphatic carbocycles. The van der Waals surface area contributed by atoms with E-state index in [1.165, 1.54) is 31.0 Å². The molecule has 0 aromatic heterocycles. The molecule has 2 aliphatic rings. The Hall–Kier alpha value is -1.58. The standard InChI is InChI=1S/C17H21FO3/c1-2-3-8-20-14-5-4-12(18)9-15(16(14)19)21-13-10-17(11-13)6-7-17/h4-5,9,13H,2-3,6-8,10-11H2,1H3. The number of rotatable bonds is 6. The van der Waals surface area contributed by atoms with Gasteiger partial charge in [-0.05, 0) is 49.7 Å². The Kier molecular flexibility index (Phi) is 3.87. The third-order valence-corrected chi connectivity index (χ3v) is 4.44. The maximum Gasteiger partial charge on any atom is 0.262 e. The molecule has 0 bridgehead atoms. The largest absolute Gasteiger partial charge is 0.489 e. The minimum absolute atomic E-state index is 0.0468. The van der Waals surface area contributed by atoms with E-state index in [9.17, 15) is 9.18 Å². The zero-order chi connectivity index (χ0) is 14.9. The van der Waals surface area contributed by atoms with Crippen LogP contribution in [0.1, 0.15) is 45.4 Å². The Balaban J connectivity index is 1.74. The van der Waals surface area contributed by atoms with Gasteiger partial charge in [0.25, 0.3) is 5.43 Å². The summed E-state index contributed by atoms with van der Waals surface area (Å²) in [7, 11) is 0. The molecule has 1 aromatic carbocycles. The van der Waals surface area contributed by atoms with Crippen LogP contribution in [0.5, 0.6) is 11.5 Å². The van der Waals surface area contributed by atoms with Gasteiger partial charge in [-0.3, -0.25) is 4.79 Å². The summed E-state index contributed by atoms with van der Waals surface area (Å²) in [6.07, 6.45) is 6.39. The van der Waals surface area contributed by atoms with Crippen LogP contribution < -0.4 is 14.9 Å². The molecule has 1 spiro atoms. The van der Waals surface area contributed by atoms with Gasteiger partial charge in [0.05, 0.1) is 12.7 Å². The lowest BCUT2D eigenvalue weighted by Crippen LogP contribution is -2.36. The van der Waals surface area contributed by atoms with Crippen LogP contribution in [-0.4, -0.2) is 12.7 Å². The first-order valence-electron chi connectivity index (χ1n) is 7.75.